The number of hydrogen-bond donors (Lipinski definition) is 0. The van der Waals surface area contributed by atoms with Crippen molar-refractivity contribution in [2.75, 3.05) is 13.7 Å². The van der Waals surface area contributed by atoms with E-state index < -0.39 is 5.63 Å². The molecule has 0 amide bonds. The summed E-state index contributed by atoms with van der Waals surface area (Å²) in [6.07, 6.45) is 0.169. The van der Waals surface area contributed by atoms with Crippen molar-refractivity contribution < 1.29 is 18.7 Å². The van der Waals surface area contributed by atoms with Crippen LogP contribution in [-0.2, 0) is 21.7 Å². The first kappa shape index (κ1) is 18.5. The highest BCUT2D eigenvalue weighted by Gasteiger charge is 2.11. The minimum Gasteiger partial charge on any atom is -0.497 e. The summed E-state index contributed by atoms with van der Waals surface area (Å²) in [7, 11) is 1.56. The normalized spacial score (nSPS) is 10.8. The number of ether oxygens (including phenoxy) is 2. The molecule has 3 aromatic rings. The zero-order valence-corrected chi connectivity index (χ0v) is 15.9. The second kappa shape index (κ2) is 8.37. The highest BCUT2D eigenvalue weighted by Crippen LogP contribution is 2.30. The van der Waals surface area contributed by atoms with E-state index in [2.05, 4.69) is 4.98 Å². The molecule has 0 N–H and O–H groups in total. The Kier molecular flexibility index (Phi) is 5.95. The van der Waals surface area contributed by atoms with Crippen molar-refractivity contribution >= 4 is 40.0 Å². The van der Waals surface area contributed by atoms with Crippen molar-refractivity contribution in [1.82, 2.24) is 4.98 Å². The summed E-state index contributed by atoms with van der Waals surface area (Å²) in [6, 6.07) is 6.90. The Morgan fingerprint density at radius 1 is 1.35 bits per heavy atom. The minimum atomic E-state index is -0.400. The minimum absolute atomic E-state index is 0.169. The van der Waals surface area contributed by atoms with Gasteiger partial charge in [0.2, 0.25) is 0 Å². The molecule has 0 radical (unpaired) electrons. The Balaban J connectivity index is 1.75. The van der Waals surface area contributed by atoms with Crippen molar-refractivity contribution in [2.24, 2.45) is 0 Å². The lowest BCUT2D eigenvalue weighted by molar-refractivity contribution is -0.142. The zero-order valence-electron chi connectivity index (χ0n) is 14.3. The van der Waals surface area contributed by atoms with Gasteiger partial charge in [0, 0.05) is 28.7 Å². The van der Waals surface area contributed by atoms with Crippen molar-refractivity contribution in [3.63, 3.8) is 0 Å². The fourth-order valence-electron chi connectivity index (χ4n) is 2.39. The maximum absolute atomic E-state index is 11.8. The molecular weight excluding hydrogens is 374 g/mol. The fraction of sp³-hybridized carbons (Fsp3) is 0.278. The first-order valence-electron chi connectivity index (χ1n) is 7.92. The summed E-state index contributed by atoms with van der Waals surface area (Å²) in [5.41, 5.74) is 1.65. The molecule has 6 nitrogen and oxygen atoms in total. The summed E-state index contributed by atoms with van der Waals surface area (Å²) in [5.74, 6) is 0.921. The Morgan fingerprint density at radius 2 is 2.19 bits per heavy atom. The van der Waals surface area contributed by atoms with Gasteiger partial charge in [-0.15, -0.1) is 11.3 Å². The molecule has 8 heteroatoms. The molecule has 0 bridgehead atoms. The van der Waals surface area contributed by atoms with E-state index in [1.807, 2.05) is 17.5 Å². The van der Waals surface area contributed by atoms with Gasteiger partial charge in [-0.1, -0.05) is 11.8 Å². The lowest BCUT2D eigenvalue weighted by Crippen LogP contribution is -2.07. The maximum Gasteiger partial charge on any atom is 0.336 e. The summed E-state index contributed by atoms with van der Waals surface area (Å²) in [5, 5.41) is 2.71. The lowest BCUT2D eigenvalue weighted by atomic mass is 10.1. The predicted octanol–water partition coefficient (Wildman–Crippen LogP) is 3.66. The molecule has 0 aliphatic heterocycles. The number of nitrogens with zero attached hydrogens (tertiary/aromatic N) is 1. The van der Waals surface area contributed by atoms with E-state index in [1.54, 1.807) is 20.1 Å². The average Bonchev–Trinajstić information content (AvgIpc) is 3.06. The molecule has 0 saturated heterocycles. The van der Waals surface area contributed by atoms with Gasteiger partial charge in [-0.3, -0.25) is 4.79 Å². The van der Waals surface area contributed by atoms with Gasteiger partial charge in [-0.2, -0.15) is 0 Å². The molecule has 1 aromatic carbocycles. The third-order valence-corrected chi connectivity index (χ3v) is 5.67. The molecule has 2 heterocycles. The summed E-state index contributed by atoms with van der Waals surface area (Å²) in [6.45, 7) is 2.13. The first-order chi connectivity index (χ1) is 12.6. The van der Waals surface area contributed by atoms with Crippen molar-refractivity contribution in [1.29, 1.82) is 0 Å². The highest BCUT2D eigenvalue weighted by molar-refractivity contribution is 8.00. The molecule has 136 valence electrons. The number of carbonyl (C=O) groups excluding carboxylic acids is 1. The Hall–Kier alpha value is -2.32. The molecular formula is C18H17NO5S2. The van der Waals surface area contributed by atoms with E-state index in [9.17, 15) is 9.59 Å². The second-order valence-corrected chi connectivity index (χ2v) is 7.41. The van der Waals surface area contributed by atoms with Gasteiger partial charge >= 0.3 is 11.6 Å². The highest BCUT2D eigenvalue weighted by atomic mass is 32.2. The van der Waals surface area contributed by atoms with Gasteiger partial charge in [-0.25, -0.2) is 9.78 Å². The molecule has 0 spiro atoms. The average molecular weight is 391 g/mol. The van der Waals surface area contributed by atoms with Gasteiger partial charge in [0.1, 0.15) is 15.7 Å². The van der Waals surface area contributed by atoms with Crippen molar-refractivity contribution in [3.8, 4) is 5.75 Å². The molecule has 3 rings (SSSR count). The Labute approximate surface area is 158 Å². The number of rotatable bonds is 7. The number of fused-ring (bicyclic) bond motifs is 1. The van der Waals surface area contributed by atoms with Crippen molar-refractivity contribution in [2.45, 2.75) is 23.4 Å². The van der Waals surface area contributed by atoms with Gasteiger partial charge in [0.15, 0.2) is 0 Å². The van der Waals surface area contributed by atoms with E-state index >= 15 is 0 Å². The third kappa shape index (κ3) is 4.44. The summed E-state index contributed by atoms with van der Waals surface area (Å²) in [4.78, 5) is 27.8. The molecule has 2 aromatic heterocycles. The molecule has 0 atom stereocenters. The zero-order chi connectivity index (χ0) is 18.5. The number of hydrogen-bond acceptors (Lipinski definition) is 8. The van der Waals surface area contributed by atoms with Gasteiger partial charge < -0.3 is 13.9 Å². The number of aromatic nitrogens is 1. The fourth-order valence-corrected chi connectivity index (χ4v) is 4.23. The lowest BCUT2D eigenvalue weighted by Gasteiger charge is -2.06. The standard InChI is InChI=1S/C18H17NO5S2/c1-3-23-16(20)7-12-10-26-18(19-12)25-9-11-6-17(21)24-15-8-13(22-2)4-5-14(11)15/h4-6,8,10H,3,7,9H2,1-2H3. The van der Waals surface area contributed by atoms with E-state index in [-0.39, 0.29) is 12.4 Å². The van der Waals surface area contributed by atoms with Gasteiger partial charge in [0.25, 0.3) is 0 Å². The number of carbonyl (C=O) groups is 1. The van der Waals surface area contributed by atoms with Crippen LogP contribution in [0.2, 0.25) is 0 Å². The van der Waals surface area contributed by atoms with E-state index in [4.69, 9.17) is 13.9 Å². The number of thioether (sulfide) groups is 1. The molecule has 0 aliphatic carbocycles. The number of esters is 1. The van der Waals surface area contributed by atoms with E-state index in [0.717, 1.165) is 15.3 Å². The monoisotopic (exact) mass is 391 g/mol. The topological polar surface area (TPSA) is 78.6 Å². The molecule has 0 unspecified atom stereocenters. The van der Waals surface area contributed by atoms with Crippen LogP contribution in [0.5, 0.6) is 5.75 Å². The number of thiazole rings is 1. The van der Waals surface area contributed by atoms with Crippen LogP contribution in [0.4, 0.5) is 0 Å². The summed E-state index contributed by atoms with van der Waals surface area (Å²) >= 11 is 2.98. The number of methoxy groups -OCH3 is 1. The predicted molar refractivity (Wildman–Crippen MR) is 101 cm³/mol. The van der Waals surface area contributed by atoms with Crippen LogP contribution in [0.3, 0.4) is 0 Å². The van der Waals surface area contributed by atoms with Crippen molar-refractivity contribution in [3.05, 3.63) is 51.3 Å². The quantitative estimate of drug-likeness (QED) is 0.345. The van der Waals surface area contributed by atoms with Crippen LogP contribution < -0.4 is 10.4 Å². The Morgan fingerprint density at radius 3 is 2.96 bits per heavy atom. The van der Waals surface area contributed by atoms with Crippen LogP contribution >= 0.6 is 23.1 Å². The molecule has 0 fully saturated rings. The Bertz CT molecular complexity index is 979. The van der Waals surface area contributed by atoms with Crippen LogP contribution in [0.25, 0.3) is 11.0 Å². The van der Waals surface area contributed by atoms with Gasteiger partial charge in [0.05, 0.1) is 25.8 Å². The van der Waals surface area contributed by atoms with Crippen LogP contribution in [0, 0.1) is 0 Å². The van der Waals surface area contributed by atoms with Gasteiger partial charge in [-0.05, 0) is 24.6 Å². The van der Waals surface area contributed by atoms with E-state index in [1.165, 1.54) is 29.2 Å². The summed E-state index contributed by atoms with van der Waals surface area (Å²) < 4.78 is 16.2. The SMILES string of the molecule is CCOC(=O)Cc1csc(SCc2cc(=O)oc3cc(OC)ccc23)n1. The second-order valence-electron chi connectivity index (χ2n) is 5.33. The third-order valence-electron chi connectivity index (χ3n) is 3.55. The van der Waals surface area contributed by atoms with Crippen LogP contribution in [-0.4, -0.2) is 24.7 Å². The van der Waals surface area contributed by atoms with Crippen LogP contribution in [0.15, 0.2) is 43.2 Å². The molecule has 26 heavy (non-hydrogen) atoms. The largest absolute Gasteiger partial charge is 0.497 e. The smallest absolute Gasteiger partial charge is 0.336 e. The number of benzene rings is 1. The first-order valence-corrected chi connectivity index (χ1v) is 9.79. The van der Waals surface area contributed by atoms with E-state index in [0.29, 0.717) is 29.4 Å². The maximum atomic E-state index is 11.8. The molecule has 0 saturated carbocycles. The molecule has 0 aliphatic rings. The van der Waals surface area contributed by atoms with Crippen LogP contribution in [0.1, 0.15) is 18.2 Å².